The van der Waals surface area contributed by atoms with E-state index in [0.29, 0.717) is 18.3 Å². The number of amides is 4. The first-order valence-corrected chi connectivity index (χ1v) is 26.9. The van der Waals surface area contributed by atoms with Gasteiger partial charge in [0.2, 0.25) is 11.9 Å². The summed E-state index contributed by atoms with van der Waals surface area (Å²) < 4.78 is 0. The maximum absolute atomic E-state index is 14.8. The SMILES string of the molecule is CC(C)c1cccc(C(C)C)c1N=C1N(c2ccc(Cc3ccc(N4C(=O)N(c5c(C(C)C)cccc5C(C)C)C4=Nc4c(C(C)C)cccc4C(C)C)cc3)cc2)C(=O)N1c1c(C(C)C)cccc1C(C)C. The minimum atomic E-state index is -0.117. The molecule has 4 amide bonds. The van der Waals surface area contributed by atoms with E-state index in [-0.39, 0.29) is 59.4 Å². The Morgan fingerprint density at radius 2 is 0.548 bits per heavy atom. The first kappa shape index (κ1) is 52.5. The maximum atomic E-state index is 14.8. The third kappa shape index (κ3) is 10.0. The summed E-state index contributed by atoms with van der Waals surface area (Å²) in [7, 11) is 0. The Hall–Kier alpha value is -6.80. The van der Waals surface area contributed by atoms with E-state index in [0.717, 1.165) is 89.8 Å². The maximum Gasteiger partial charge on any atom is 0.343 e. The summed E-state index contributed by atoms with van der Waals surface area (Å²) in [4.78, 5) is 47.9. The number of guanidine groups is 2. The molecular weight excluding hydrogens is 897 g/mol. The zero-order valence-electron chi connectivity index (χ0n) is 46.4. The van der Waals surface area contributed by atoms with E-state index in [1.807, 2.05) is 34.1 Å². The number of anilines is 4. The molecule has 380 valence electrons. The Labute approximate surface area is 436 Å². The molecule has 0 aromatic heterocycles. The van der Waals surface area contributed by atoms with Crippen LogP contribution in [0.1, 0.15) is 214 Å². The topological polar surface area (TPSA) is 71.8 Å². The molecule has 0 spiro atoms. The Morgan fingerprint density at radius 3 is 0.781 bits per heavy atom. The van der Waals surface area contributed by atoms with Gasteiger partial charge in [0.25, 0.3) is 0 Å². The van der Waals surface area contributed by atoms with E-state index in [4.69, 9.17) is 9.98 Å². The van der Waals surface area contributed by atoms with Gasteiger partial charge >= 0.3 is 12.1 Å². The number of benzene rings is 6. The molecule has 0 radical (unpaired) electrons. The smallest absolute Gasteiger partial charge is 0.247 e. The molecule has 0 saturated carbocycles. The van der Waals surface area contributed by atoms with Crippen LogP contribution in [0, 0.1) is 0 Å². The van der Waals surface area contributed by atoms with Crippen molar-refractivity contribution in [1.29, 1.82) is 0 Å². The summed E-state index contributed by atoms with van der Waals surface area (Å²) in [6.07, 6.45) is 0.667. The van der Waals surface area contributed by atoms with Crippen LogP contribution in [0.2, 0.25) is 0 Å². The molecule has 8 nitrogen and oxygen atoms in total. The van der Waals surface area contributed by atoms with Gasteiger partial charge in [-0.1, -0.05) is 208 Å². The lowest BCUT2D eigenvalue weighted by Crippen LogP contribution is -2.66. The summed E-state index contributed by atoms with van der Waals surface area (Å²) in [6.45, 7) is 35.2. The van der Waals surface area contributed by atoms with Crippen molar-refractivity contribution < 1.29 is 9.59 Å². The van der Waals surface area contributed by atoms with Gasteiger partial charge in [-0.25, -0.2) is 39.2 Å². The van der Waals surface area contributed by atoms with Crippen molar-refractivity contribution in [1.82, 2.24) is 0 Å². The van der Waals surface area contributed by atoms with Crippen LogP contribution in [0.25, 0.3) is 0 Å². The number of carbonyl (C=O) groups is 2. The molecular formula is C65H78N6O2. The summed E-state index contributed by atoms with van der Waals surface area (Å²) in [6, 6.07) is 42.1. The number of nitrogens with zero attached hydrogens (tertiary/aromatic N) is 6. The van der Waals surface area contributed by atoms with Gasteiger partial charge in [0.1, 0.15) is 0 Å². The molecule has 8 rings (SSSR count). The number of aliphatic imine (C=N–C) groups is 2. The largest absolute Gasteiger partial charge is 0.343 e. The van der Waals surface area contributed by atoms with Crippen LogP contribution in [-0.2, 0) is 6.42 Å². The molecule has 2 aliphatic heterocycles. The van der Waals surface area contributed by atoms with E-state index in [1.165, 1.54) is 0 Å². The molecule has 2 heterocycles. The monoisotopic (exact) mass is 975 g/mol. The van der Waals surface area contributed by atoms with Crippen molar-refractivity contribution in [3.8, 4) is 0 Å². The van der Waals surface area contributed by atoms with E-state index in [1.54, 1.807) is 9.80 Å². The van der Waals surface area contributed by atoms with Crippen molar-refractivity contribution in [3.63, 3.8) is 0 Å². The number of carbonyl (C=O) groups excluding carboxylic acids is 2. The molecule has 2 aliphatic rings. The second kappa shape index (κ2) is 21.3. The molecule has 2 saturated heterocycles. The van der Waals surface area contributed by atoms with Gasteiger partial charge in [0.05, 0.1) is 34.1 Å². The van der Waals surface area contributed by atoms with Crippen molar-refractivity contribution in [3.05, 3.63) is 177 Å². The molecule has 6 aromatic rings. The third-order valence-corrected chi connectivity index (χ3v) is 14.6. The third-order valence-electron chi connectivity index (χ3n) is 14.6. The fraction of sp³-hybridized carbons (Fsp3) is 0.385. The van der Waals surface area contributed by atoms with Crippen LogP contribution in [-0.4, -0.2) is 24.0 Å². The van der Waals surface area contributed by atoms with Crippen LogP contribution in [0.4, 0.5) is 43.7 Å². The molecule has 8 heteroatoms. The number of urea groups is 2. The number of hydrogen-bond acceptors (Lipinski definition) is 4. The van der Waals surface area contributed by atoms with Gasteiger partial charge in [-0.3, -0.25) is 0 Å². The first-order chi connectivity index (χ1) is 34.7. The van der Waals surface area contributed by atoms with Gasteiger partial charge in [-0.05, 0) is 134 Å². The lowest BCUT2D eigenvalue weighted by molar-refractivity contribution is 0.252. The Morgan fingerprint density at radius 1 is 0.315 bits per heavy atom. The molecule has 0 bridgehead atoms. The average Bonchev–Trinajstić information content (AvgIpc) is 3.34. The fourth-order valence-corrected chi connectivity index (χ4v) is 10.5. The average molecular weight is 975 g/mol. The van der Waals surface area contributed by atoms with E-state index < -0.39 is 0 Å². The van der Waals surface area contributed by atoms with E-state index in [2.05, 4.69) is 208 Å². The highest BCUT2D eigenvalue weighted by atomic mass is 16.2. The molecule has 0 unspecified atom stereocenters. The van der Waals surface area contributed by atoms with Gasteiger partial charge in [-0.2, -0.15) is 0 Å². The van der Waals surface area contributed by atoms with E-state index >= 15 is 0 Å². The van der Waals surface area contributed by atoms with Crippen molar-refractivity contribution in [2.45, 2.75) is 165 Å². The first-order valence-electron chi connectivity index (χ1n) is 26.9. The lowest BCUT2D eigenvalue weighted by atomic mass is 9.91. The summed E-state index contributed by atoms with van der Waals surface area (Å²) >= 11 is 0. The molecule has 73 heavy (non-hydrogen) atoms. The highest BCUT2D eigenvalue weighted by Gasteiger charge is 2.48. The molecule has 0 N–H and O–H groups in total. The Kier molecular flexibility index (Phi) is 15.4. The highest BCUT2D eigenvalue weighted by Crippen LogP contribution is 2.46. The summed E-state index contributed by atoms with van der Waals surface area (Å²) in [5, 5.41) is 0. The van der Waals surface area contributed by atoms with Crippen LogP contribution < -0.4 is 19.6 Å². The molecule has 0 atom stereocenters. The fourth-order valence-electron chi connectivity index (χ4n) is 10.5. The lowest BCUT2D eigenvalue weighted by Gasteiger charge is -2.45. The Bertz CT molecular complexity index is 2750. The van der Waals surface area contributed by atoms with Crippen molar-refractivity contribution >= 4 is 58.1 Å². The van der Waals surface area contributed by atoms with Gasteiger partial charge in [-0.15, -0.1) is 0 Å². The van der Waals surface area contributed by atoms with Crippen LogP contribution in [0.15, 0.2) is 131 Å². The second-order valence-electron chi connectivity index (χ2n) is 22.6. The van der Waals surface area contributed by atoms with Crippen LogP contribution >= 0.6 is 0 Å². The van der Waals surface area contributed by atoms with Crippen molar-refractivity contribution in [2.75, 3.05) is 19.6 Å². The standard InChI is InChI=1S/C65H78N6O2/c1-38(2)50-21-17-22-51(39(3)4)58(50)66-62-68(64(72)70(62)60-54(42(9)10)25-19-26-55(60)43(11)12)48-33-29-46(30-34-48)37-47-31-35-49(36-32-47)69-63(67-59-52(40(5)6)23-18-24-53(59)41(7)8)71(65(69)73)61-56(44(13)14)27-20-28-57(61)45(15)16/h17-36,38-45H,37H2,1-16H3. The van der Waals surface area contributed by atoms with Crippen LogP contribution in [0.5, 0.6) is 0 Å². The number of hydrogen-bond donors (Lipinski definition) is 0. The molecule has 2 fully saturated rings. The predicted molar refractivity (Wildman–Crippen MR) is 309 cm³/mol. The number of para-hydroxylation sites is 4. The van der Waals surface area contributed by atoms with Gasteiger partial charge in [0, 0.05) is 0 Å². The van der Waals surface area contributed by atoms with Gasteiger partial charge < -0.3 is 0 Å². The van der Waals surface area contributed by atoms with Crippen LogP contribution in [0.3, 0.4) is 0 Å². The zero-order chi connectivity index (χ0) is 52.7. The van der Waals surface area contributed by atoms with Gasteiger partial charge in [0.15, 0.2) is 0 Å². The zero-order valence-corrected chi connectivity index (χ0v) is 46.4. The normalized spacial score (nSPS) is 15.3. The van der Waals surface area contributed by atoms with E-state index in [9.17, 15) is 9.59 Å². The van der Waals surface area contributed by atoms with Crippen molar-refractivity contribution in [2.24, 2.45) is 9.98 Å². The summed E-state index contributed by atoms with van der Waals surface area (Å²) in [5.74, 6) is 2.99. The second-order valence-corrected chi connectivity index (χ2v) is 22.6. The molecule has 0 aliphatic carbocycles. The minimum Gasteiger partial charge on any atom is -0.247 e. The summed E-state index contributed by atoms with van der Waals surface area (Å²) in [5.41, 5.74) is 16.6. The predicted octanol–water partition coefficient (Wildman–Crippen LogP) is 18.5. The molecule has 6 aromatic carbocycles. The highest BCUT2D eigenvalue weighted by molar-refractivity contribution is 6.44. The quantitative estimate of drug-likeness (QED) is 0.0969. The Balaban J connectivity index is 1.14. The number of rotatable bonds is 16. The minimum absolute atomic E-state index is 0.117.